The van der Waals surface area contributed by atoms with Crippen molar-refractivity contribution >= 4 is 17.9 Å². The Morgan fingerprint density at radius 1 is 1.41 bits per heavy atom. The number of aliphatic carboxylic acids is 1. The lowest BCUT2D eigenvalue weighted by molar-refractivity contribution is -0.144. The normalized spacial score (nSPS) is 15.8. The lowest BCUT2D eigenvalue weighted by Gasteiger charge is -2.13. The fourth-order valence-corrected chi connectivity index (χ4v) is 1.01. The van der Waals surface area contributed by atoms with Gasteiger partial charge < -0.3 is 15.7 Å². The number of hydroxylamine groups is 1. The van der Waals surface area contributed by atoms with E-state index in [0.29, 0.717) is 0 Å². The molecule has 1 unspecified atom stereocenters. The predicted molar refractivity (Wildman–Crippen MR) is 55.9 cm³/mol. The highest BCUT2D eigenvalue weighted by atomic mass is 16.7. The Balaban J connectivity index is 2.15. The average molecular weight is 245 g/mol. The van der Waals surface area contributed by atoms with Crippen LogP contribution in [0.3, 0.4) is 0 Å². The van der Waals surface area contributed by atoms with Gasteiger partial charge in [0.1, 0.15) is 6.04 Å². The van der Waals surface area contributed by atoms with Crippen LogP contribution < -0.4 is 16.1 Å². The molecule has 0 aliphatic heterocycles. The van der Waals surface area contributed by atoms with Gasteiger partial charge in [0.25, 0.3) is 0 Å². The third-order valence-corrected chi connectivity index (χ3v) is 2.03. The molecule has 3 amide bonds. The lowest BCUT2D eigenvalue weighted by Crippen LogP contribution is -2.49. The SMILES string of the molecule is CC(NC(=O)NOCC(=O)O)C(=O)NC1CC1. The van der Waals surface area contributed by atoms with Gasteiger partial charge in [-0.05, 0) is 19.8 Å². The van der Waals surface area contributed by atoms with E-state index in [1.54, 1.807) is 0 Å². The zero-order valence-electron chi connectivity index (χ0n) is 9.36. The van der Waals surface area contributed by atoms with Crippen molar-refractivity contribution in [2.45, 2.75) is 31.8 Å². The zero-order chi connectivity index (χ0) is 12.8. The topological polar surface area (TPSA) is 117 Å². The minimum absolute atomic E-state index is 0.220. The molecule has 0 bridgehead atoms. The summed E-state index contributed by atoms with van der Waals surface area (Å²) in [6.45, 7) is 0.880. The van der Waals surface area contributed by atoms with Crippen LogP contribution in [0.25, 0.3) is 0 Å². The Labute approximate surface area is 97.6 Å². The van der Waals surface area contributed by atoms with E-state index in [2.05, 4.69) is 15.5 Å². The van der Waals surface area contributed by atoms with Crippen LogP contribution in [0.5, 0.6) is 0 Å². The Bertz CT molecular complexity index is 316. The van der Waals surface area contributed by atoms with Gasteiger partial charge in [-0.1, -0.05) is 0 Å². The minimum Gasteiger partial charge on any atom is -0.479 e. The molecule has 1 rings (SSSR count). The molecule has 0 saturated heterocycles. The second-order valence-electron chi connectivity index (χ2n) is 3.76. The quantitative estimate of drug-likeness (QED) is 0.446. The van der Waals surface area contributed by atoms with Crippen molar-refractivity contribution in [2.24, 2.45) is 0 Å². The molecule has 0 aromatic rings. The van der Waals surface area contributed by atoms with E-state index in [4.69, 9.17) is 5.11 Å². The number of carboxylic acids is 1. The molecular formula is C9H15N3O5. The molecule has 1 aliphatic carbocycles. The fourth-order valence-electron chi connectivity index (χ4n) is 1.01. The molecule has 0 aromatic carbocycles. The third kappa shape index (κ3) is 5.71. The van der Waals surface area contributed by atoms with Crippen LogP contribution in [0, 0.1) is 0 Å². The number of carbonyl (C=O) groups excluding carboxylic acids is 2. The van der Waals surface area contributed by atoms with E-state index in [-0.39, 0.29) is 11.9 Å². The Morgan fingerprint density at radius 2 is 2.06 bits per heavy atom. The maximum absolute atomic E-state index is 11.4. The summed E-state index contributed by atoms with van der Waals surface area (Å²) in [6.07, 6.45) is 1.93. The highest BCUT2D eigenvalue weighted by molar-refractivity contribution is 5.86. The van der Waals surface area contributed by atoms with E-state index in [0.717, 1.165) is 12.8 Å². The van der Waals surface area contributed by atoms with Crippen molar-refractivity contribution in [3.05, 3.63) is 0 Å². The van der Waals surface area contributed by atoms with E-state index in [1.165, 1.54) is 6.92 Å². The van der Waals surface area contributed by atoms with Crippen LogP contribution in [0.1, 0.15) is 19.8 Å². The van der Waals surface area contributed by atoms with Crippen molar-refractivity contribution < 1.29 is 24.3 Å². The van der Waals surface area contributed by atoms with Gasteiger partial charge in [0.15, 0.2) is 6.61 Å². The molecule has 1 atom stereocenters. The smallest absolute Gasteiger partial charge is 0.339 e. The van der Waals surface area contributed by atoms with Crippen molar-refractivity contribution in [2.75, 3.05) is 6.61 Å². The number of carbonyl (C=O) groups is 3. The van der Waals surface area contributed by atoms with Gasteiger partial charge in [-0.3, -0.25) is 9.63 Å². The maximum atomic E-state index is 11.4. The summed E-state index contributed by atoms with van der Waals surface area (Å²) < 4.78 is 0. The first kappa shape index (κ1) is 13.2. The van der Waals surface area contributed by atoms with E-state index in [9.17, 15) is 14.4 Å². The highest BCUT2D eigenvalue weighted by Crippen LogP contribution is 2.18. The Hall–Kier alpha value is -1.83. The van der Waals surface area contributed by atoms with E-state index in [1.807, 2.05) is 5.48 Å². The molecule has 8 nitrogen and oxygen atoms in total. The van der Waals surface area contributed by atoms with Crippen LogP contribution >= 0.6 is 0 Å². The fraction of sp³-hybridized carbons (Fsp3) is 0.667. The number of rotatable bonds is 6. The van der Waals surface area contributed by atoms with Crippen LogP contribution in [0.4, 0.5) is 4.79 Å². The van der Waals surface area contributed by atoms with Crippen LogP contribution in [-0.2, 0) is 14.4 Å². The summed E-state index contributed by atoms with van der Waals surface area (Å²) in [4.78, 5) is 37.0. The van der Waals surface area contributed by atoms with E-state index < -0.39 is 24.6 Å². The number of hydrogen-bond acceptors (Lipinski definition) is 4. The number of hydrogen-bond donors (Lipinski definition) is 4. The predicted octanol–water partition coefficient (Wildman–Crippen LogP) is -1.03. The van der Waals surface area contributed by atoms with Crippen molar-refractivity contribution in [1.82, 2.24) is 16.1 Å². The summed E-state index contributed by atoms with van der Waals surface area (Å²) in [5.41, 5.74) is 1.86. The molecular weight excluding hydrogens is 230 g/mol. The first-order chi connectivity index (χ1) is 7.99. The molecule has 1 aliphatic rings. The van der Waals surface area contributed by atoms with Crippen LogP contribution in [-0.4, -0.2) is 41.7 Å². The number of carboxylic acid groups (broad SMARTS) is 1. The Morgan fingerprint density at radius 3 is 2.59 bits per heavy atom. The van der Waals surface area contributed by atoms with Gasteiger partial charge in [0.2, 0.25) is 5.91 Å². The monoisotopic (exact) mass is 245 g/mol. The molecule has 4 N–H and O–H groups in total. The lowest BCUT2D eigenvalue weighted by atomic mass is 10.3. The number of nitrogens with one attached hydrogen (secondary N) is 3. The average Bonchev–Trinajstić information content (AvgIpc) is 3.00. The summed E-state index contributed by atoms with van der Waals surface area (Å²) in [6, 6.07) is -1.24. The summed E-state index contributed by atoms with van der Waals surface area (Å²) in [5.74, 6) is -1.48. The molecule has 96 valence electrons. The van der Waals surface area contributed by atoms with Gasteiger partial charge in [-0.2, -0.15) is 0 Å². The largest absolute Gasteiger partial charge is 0.479 e. The summed E-state index contributed by atoms with van der Waals surface area (Å²) in [5, 5.41) is 13.3. The maximum Gasteiger partial charge on any atom is 0.339 e. The molecule has 1 saturated carbocycles. The third-order valence-electron chi connectivity index (χ3n) is 2.03. The highest BCUT2D eigenvalue weighted by Gasteiger charge is 2.26. The Kier molecular flexibility index (Phi) is 4.70. The second-order valence-corrected chi connectivity index (χ2v) is 3.76. The van der Waals surface area contributed by atoms with Gasteiger partial charge in [-0.25, -0.2) is 15.1 Å². The van der Waals surface area contributed by atoms with Crippen molar-refractivity contribution in [3.8, 4) is 0 Å². The van der Waals surface area contributed by atoms with Gasteiger partial charge >= 0.3 is 12.0 Å². The molecule has 17 heavy (non-hydrogen) atoms. The van der Waals surface area contributed by atoms with Crippen molar-refractivity contribution in [1.29, 1.82) is 0 Å². The number of amides is 3. The minimum atomic E-state index is -1.20. The zero-order valence-corrected chi connectivity index (χ0v) is 9.36. The number of urea groups is 1. The van der Waals surface area contributed by atoms with Crippen LogP contribution in [0.15, 0.2) is 0 Å². The van der Waals surface area contributed by atoms with Gasteiger partial charge in [0.05, 0.1) is 0 Å². The molecule has 0 aromatic heterocycles. The molecule has 1 fully saturated rings. The molecule has 0 radical (unpaired) electrons. The molecule has 0 heterocycles. The molecule has 0 spiro atoms. The van der Waals surface area contributed by atoms with Gasteiger partial charge in [0, 0.05) is 6.04 Å². The standard InChI is InChI=1S/C9H15N3O5/c1-5(8(15)11-6-2-3-6)10-9(16)12-17-4-7(13)14/h5-6H,2-4H2,1H3,(H,11,15)(H,13,14)(H2,10,12,16). The first-order valence-electron chi connectivity index (χ1n) is 5.19. The first-order valence-corrected chi connectivity index (χ1v) is 5.19. The summed E-state index contributed by atoms with van der Waals surface area (Å²) in [7, 11) is 0. The molecule has 8 heteroatoms. The second kappa shape index (κ2) is 6.04. The van der Waals surface area contributed by atoms with E-state index >= 15 is 0 Å². The van der Waals surface area contributed by atoms with Crippen molar-refractivity contribution in [3.63, 3.8) is 0 Å². The van der Waals surface area contributed by atoms with Gasteiger partial charge in [-0.15, -0.1) is 0 Å². The van der Waals surface area contributed by atoms with Crippen LogP contribution in [0.2, 0.25) is 0 Å². The summed E-state index contributed by atoms with van der Waals surface area (Å²) >= 11 is 0.